The Morgan fingerprint density at radius 2 is 2.29 bits per heavy atom. The molecular weight excluding hydrogens is 310 g/mol. The van der Waals surface area contributed by atoms with E-state index >= 15 is 0 Å². The van der Waals surface area contributed by atoms with Crippen LogP contribution in [0.2, 0.25) is 0 Å². The van der Waals surface area contributed by atoms with Gasteiger partial charge in [-0.25, -0.2) is 14.2 Å². The van der Waals surface area contributed by atoms with Crippen LogP contribution >= 0.6 is 0 Å². The van der Waals surface area contributed by atoms with Gasteiger partial charge in [0.15, 0.2) is 6.04 Å². The zero-order valence-corrected chi connectivity index (χ0v) is 13.1. The Kier molecular flexibility index (Phi) is 3.40. The number of ether oxygens (including phenoxy) is 1. The number of carbonyl (C=O) groups is 1. The maximum Gasteiger partial charge on any atom is 0.337 e. The van der Waals surface area contributed by atoms with Crippen LogP contribution in [0.15, 0.2) is 24.7 Å². The zero-order valence-electron chi connectivity index (χ0n) is 13.1. The Hall–Kier alpha value is -2.64. The fourth-order valence-electron chi connectivity index (χ4n) is 3.24. The molecule has 120 valence electrons. The number of hydrogen-bond acceptors (Lipinski definition) is 4. The molecule has 1 aliphatic heterocycles. The molecule has 0 bridgehead atoms. The smallest absolute Gasteiger partial charge is 0.337 e. The van der Waals surface area contributed by atoms with Gasteiger partial charge in [0, 0.05) is 18.4 Å². The number of rotatable bonds is 3. The first-order valence-electron chi connectivity index (χ1n) is 7.64. The first-order chi connectivity index (χ1) is 11.6. The molecule has 1 unspecified atom stereocenters. The van der Waals surface area contributed by atoms with Crippen molar-refractivity contribution in [3.05, 3.63) is 41.9 Å². The number of aromatic nitrogens is 4. The Balaban J connectivity index is 1.88. The van der Waals surface area contributed by atoms with E-state index in [4.69, 9.17) is 12.6 Å². The fourth-order valence-corrected chi connectivity index (χ4v) is 3.24. The summed E-state index contributed by atoms with van der Waals surface area (Å²) >= 11 is 0. The van der Waals surface area contributed by atoms with E-state index in [9.17, 15) is 9.18 Å². The lowest BCUT2D eigenvalue weighted by molar-refractivity contribution is -0.143. The highest BCUT2D eigenvalue weighted by Gasteiger charge is 2.32. The molecule has 8 heteroatoms. The molecule has 2 radical (unpaired) electrons. The van der Waals surface area contributed by atoms with Crippen LogP contribution < -0.4 is 5.46 Å². The van der Waals surface area contributed by atoms with Crippen molar-refractivity contribution in [1.29, 1.82) is 0 Å². The maximum absolute atomic E-state index is 14.1. The molecule has 0 saturated heterocycles. The molecule has 0 fully saturated rings. The van der Waals surface area contributed by atoms with Crippen LogP contribution in [0.1, 0.15) is 23.9 Å². The van der Waals surface area contributed by atoms with Crippen LogP contribution in [0.4, 0.5) is 4.39 Å². The quantitative estimate of drug-likeness (QED) is 0.530. The highest BCUT2D eigenvalue weighted by Crippen LogP contribution is 2.28. The van der Waals surface area contributed by atoms with Gasteiger partial charge in [0.25, 0.3) is 0 Å². The molecular formula is C16H14BFN4O2. The summed E-state index contributed by atoms with van der Waals surface area (Å²) in [6, 6.07) is 1.95. The summed E-state index contributed by atoms with van der Waals surface area (Å²) in [4.78, 5) is 16.8. The highest BCUT2D eigenvalue weighted by molar-refractivity contribution is 6.33. The summed E-state index contributed by atoms with van der Waals surface area (Å²) in [7, 11) is 6.98. The number of methoxy groups -OCH3 is 1. The first-order valence-corrected chi connectivity index (χ1v) is 7.64. The SMILES string of the molecule is [B]c1cc(F)c2cn(C(C(=O)OC)c3ncn4c3CCC4)nc2c1. The Bertz CT molecular complexity index is 949. The van der Waals surface area contributed by atoms with E-state index in [0.717, 1.165) is 25.1 Å². The Morgan fingerprint density at radius 3 is 3.08 bits per heavy atom. The molecule has 24 heavy (non-hydrogen) atoms. The van der Waals surface area contributed by atoms with E-state index in [2.05, 4.69) is 10.1 Å². The van der Waals surface area contributed by atoms with E-state index < -0.39 is 17.8 Å². The van der Waals surface area contributed by atoms with Crippen LogP contribution in [0.25, 0.3) is 10.9 Å². The van der Waals surface area contributed by atoms with Gasteiger partial charge < -0.3 is 9.30 Å². The number of aryl methyl sites for hydroxylation is 1. The highest BCUT2D eigenvalue weighted by atomic mass is 19.1. The third-order valence-electron chi connectivity index (χ3n) is 4.35. The Labute approximate surface area is 138 Å². The average Bonchev–Trinajstić information content (AvgIpc) is 3.23. The maximum atomic E-state index is 14.1. The van der Waals surface area contributed by atoms with Crippen molar-refractivity contribution in [2.45, 2.75) is 25.4 Å². The number of imidazole rings is 1. The van der Waals surface area contributed by atoms with Crippen molar-refractivity contribution >= 4 is 30.2 Å². The number of halogens is 1. The van der Waals surface area contributed by atoms with Crippen LogP contribution in [0.5, 0.6) is 0 Å². The van der Waals surface area contributed by atoms with E-state index in [1.165, 1.54) is 24.1 Å². The second-order valence-corrected chi connectivity index (χ2v) is 5.84. The molecule has 0 spiro atoms. The number of carbonyl (C=O) groups excluding carboxylic acids is 1. The van der Waals surface area contributed by atoms with E-state index in [-0.39, 0.29) is 5.46 Å². The van der Waals surface area contributed by atoms with Gasteiger partial charge in [-0.1, -0.05) is 5.46 Å². The lowest BCUT2D eigenvalue weighted by Gasteiger charge is -2.14. The molecule has 0 N–H and O–H groups in total. The number of benzene rings is 1. The van der Waals surface area contributed by atoms with E-state index in [1.807, 2.05) is 4.57 Å². The first kappa shape index (κ1) is 14.9. The second-order valence-electron chi connectivity index (χ2n) is 5.84. The zero-order chi connectivity index (χ0) is 16.8. The van der Waals surface area contributed by atoms with E-state index in [0.29, 0.717) is 16.6 Å². The number of esters is 1. The molecule has 1 aliphatic rings. The molecule has 0 aliphatic carbocycles. The van der Waals surface area contributed by atoms with Gasteiger partial charge in [-0.05, 0) is 25.0 Å². The molecule has 1 aromatic carbocycles. The van der Waals surface area contributed by atoms with Gasteiger partial charge in [-0.2, -0.15) is 5.10 Å². The second kappa shape index (κ2) is 5.47. The van der Waals surface area contributed by atoms with Crippen LogP contribution in [-0.4, -0.2) is 40.3 Å². The van der Waals surface area contributed by atoms with Crippen LogP contribution in [0.3, 0.4) is 0 Å². The normalized spacial score (nSPS) is 14.8. The third kappa shape index (κ3) is 2.21. The average molecular weight is 324 g/mol. The molecule has 3 heterocycles. The minimum absolute atomic E-state index is 0.280. The minimum atomic E-state index is -0.850. The van der Waals surface area contributed by atoms with Crippen molar-refractivity contribution in [2.24, 2.45) is 0 Å². The van der Waals surface area contributed by atoms with Crippen LogP contribution in [-0.2, 0) is 22.5 Å². The number of nitrogens with zero attached hydrogens (tertiary/aromatic N) is 4. The van der Waals surface area contributed by atoms with Gasteiger partial charge in [0.1, 0.15) is 13.7 Å². The molecule has 1 atom stereocenters. The minimum Gasteiger partial charge on any atom is -0.467 e. The summed E-state index contributed by atoms with van der Waals surface area (Å²) < 4.78 is 22.5. The topological polar surface area (TPSA) is 61.9 Å². The third-order valence-corrected chi connectivity index (χ3v) is 4.35. The van der Waals surface area contributed by atoms with Crippen molar-refractivity contribution in [2.75, 3.05) is 7.11 Å². The van der Waals surface area contributed by atoms with E-state index in [1.54, 1.807) is 12.4 Å². The van der Waals surface area contributed by atoms with Crippen molar-refractivity contribution in [3.8, 4) is 0 Å². The van der Waals surface area contributed by atoms with Crippen molar-refractivity contribution in [3.63, 3.8) is 0 Å². The summed E-state index contributed by atoms with van der Waals surface area (Å²) in [6.07, 6.45) is 5.05. The summed E-state index contributed by atoms with van der Waals surface area (Å²) in [5, 5.41) is 4.63. The lowest BCUT2D eigenvalue weighted by atomic mass is 9.95. The largest absolute Gasteiger partial charge is 0.467 e. The molecule has 6 nitrogen and oxygen atoms in total. The van der Waals surface area contributed by atoms with Crippen LogP contribution in [0, 0.1) is 5.82 Å². The standard InChI is InChI=1S/C16H14BFN4O2/c1-24-16(23)15(14-13-3-2-4-21(13)8-19-14)22-7-10-11(18)5-9(17)6-12(10)20-22/h5-8,15H,2-4H2,1H3. The monoisotopic (exact) mass is 324 g/mol. The molecule has 3 aromatic rings. The number of fused-ring (bicyclic) bond motifs is 2. The van der Waals surface area contributed by atoms with Gasteiger partial charge in [-0.15, -0.1) is 0 Å². The van der Waals surface area contributed by atoms with Crippen molar-refractivity contribution < 1.29 is 13.9 Å². The summed E-state index contributed by atoms with van der Waals surface area (Å²) in [6.45, 7) is 0.877. The lowest BCUT2D eigenvalue weighted by Crippen LogP contribution is -2.24. The van der Waals surface area contributed by atoms with Crippen molar-refractivity contribution in [1.82, 2.24) is 19.3 Å². The summed E-state index contributed by atoms with van der Waals surface area (Å²) in [5.41, 5.74) is 2.26. The molecule has 0 saturated carbocycles. The van der Waals surface area contributed by atoms with Gasteiger partial charge in [0.05, 0.1) is 30.0 Å². The molecule has 4 rings (SSSR count). The summed E-state index contributed by atoms with van der Waals surface area (Å²) in [5.74, 6) is -0.973. The van der Waals surface area contributed by atoms with Gasteiger partial charge in [0.2, 0.25) is 0 Å². The van der Waals surface area contributed by atoms with Gasteiger partial charge >= 0.3 is 5.97 Å². The predicted molar refractivity (Wildman–Crippen MR) is 85.8 cm³/mol. The van der Waals surface area contributed by atoms with Gasteiger partial charge in [-0.3, -0.25) is 4.68 Å². The Morgan fingerprint density at radius 1 is 1.46 bits per heavy atom. The molecule has 2 aromatic heterocycles. The predicted octanol–water partition coefficient (Wildman–Crippen LogP) is 0.874. The molecule has 0 amide bonds. The fraction of sp³-hybridized carbons (Fsp3) is 0.312. The number of hydrogen-bond donors (Lipinski definition) is 0.